The third-order valence-electron chi connectivity index (χ3n) is 2.93. The molecule has 5 nitrogen and oxygen atoms in total. The third kappa shape index (κ3) is 4.73. The maximum Gasteiger partial charge on any atom is 0.416 e. The van der Waals surface area contributed by atoms with Crippen molar-refractivity contribution >= 4 is 17.6 Å². The van der Waals surface area contributed by atoms with Crippen LogP contribution in [0.4, 0.5) is 18.9 Å². The normalized spacial score (nSPS) is 11.0. The number of amides is 1. The lowest BCUT2D eigenvalue weighted by atomic mass is 10.2. The Hall–Kier alpha value is -3.03. The van der Waals surface area contributed by atoms with E-state index in [0.717, 1.165) is 12.1 Å². The zero-order valence-electron chi connectivity index (χ0n) is 12.1. The van der Waals surface area contributed by atoms with E-state index in [1.54, 1.807) is 0 Å². The smallest absolute Gasteiger partial charge is 0.416 e. The quantitative estimate of drug-likeness (QED) is 0.905. The molecule has 1 N–H and O–H groups in total. The van der Waals surface area contributed by atoms with Gasteiger partial charge in [-0.2, -0.15) is 13.2 Å². The first-order valence-corrected chi connectivity index (χ1v) is 6.67. The highest BCUT2D eigenvalue weighted by molar-refractivity contribution is 5.92. The maximum atomic E-state index is 12.6. The molecule has 0 atom stereocenters. The molecule has 8 heteroatoms. The van der Waals surface area contributed by atoms with Gasteiger partial charge in [-0.1, -0.05) is 6.07 Å². The number of carboxylic acids is 1. The van der Waals surface area contributed by atoms with Gasteiger partial charge in [0.15, 0.2) is 6.61 Å². The van der Waals surface area contributed by atoms with Gasteiger partial charge in [0.1, 0.15) is 5.75 Å². The van der Waals surface area contributed by atoms with Crippen LogP contribution in [-0.2, 0) is 11.0 Å². The molecule has 0 radical (unpaired) electrons. The molecule has 0 saturated heterocycles. The Kier molecular flexibility index (Phi) is 5.08. The Balaban J connectivity index is 1.93. The van der Waals surface area contributed by atoms with Crippen molar-refractivity contribution < 1.29 is 32.6 Å². The predicted octanol–water partition coefficient (Wildman–Crippen LogP) is 2.09. The Morgan fingerprint density at radius 1 is 1.08 bits per heavy atom. The molecule has 1 amide bonds. The molecule has 2 rings (SSSR count). The Morgan fingerprint density at radius 2 is 1.75 bits per heavy atom. The summed E-state index contributed by atoms with van der Waals surface area (Å²) in [5, 5.41) is 12.9. The summed E-state index contributed by atoms with van der Waals surface area (Å²) in [7, 11) is 0. The van der Waals surface area contributed by atoms with E-state index in [2.05, 4.69) is 5.32 Å². The van der Waals surface area contributed by atoms with Gasteiger partial charge in [0.25, 0.3) is 5.91 Å². The van der Waals surface area contributed by atoms with Gasteiger partial charge in [-0.3, -0.25) is 4.79 Å². The minimum Gasteiger partial charge on any atom is -0.545 e. The summed E-state index contributed by atoms with van der Waals surface area (Å²) in [5.74, 6) is -1.76. The molecule has 0 aliphatic carbocycles. The molecule has 0 fully saturated rings. The predicted molar refractivity (Wildman–Crippen MR) is 76.3 cm³/mol. The second-order valence-corrected chi connectivity index (χ2v) is 4.73. The van der Waals surface area contributed by atoms with Crippen LogP contribution >= 0.6 is 0 Å². The molecule has 126 valence electrons. The summed E-state index contributed by atoms with van der Waals surface area (Å²) < 4.78 is 42.9. The fourth-order valence-corrected chi connectivity index (χ4v) is 1.81. The minimum absolute atomic E-state index is 0.00859. The molecule has 0 aromatic heterocycles. The van der Waals surface area contributed by atoms with Crippen LogP contribution in [0.1, 0.15) is 15.9 Å². The highest BCUT2D eigenvalue weighted by Gasteiger charge is 2.30. The molecule has 24 heavy (non-hydrogen) atoms. The third-order valence-corrected chi connectivity index (χ3v) is 2.93. The van der Waals surface area contributed by atoms with Crippen LogP contribution in [0.25, 0.3) is 0 Å². The van der Waals surface area contributed by atoms with Gasteiger partial charge in [0, 0.05) is 5.69 Å². The number of carbonyl (C=O) groups excluding carboxylic acids is 2. The van der Waals surface area contributed by atoms with E-state index in [0.29, 0.717) is 0 Å². The Morgan fingerprint density at radius 3 is 2.33 bits per heavy atom. The molecule has 0 spiro atoms. The molecule has 2 aromatic carbocycles. The van der Waals surface area contributed by atoms with Crippen LogP contribution in [-0.4, -0.2) is 18.5 Å². The summed E-state index contributed by atoms with van der Waals surface area (Å²) in [6.45, 7) is -0.444. The fraction of sp³-hybridized carbons (Fsp3) is 0.125. The first-order chi connectivity index (χ1) is 11.3. The van der Waals surface area contributed by atoms with Crippen molar-refractivity contribution in [2.24, 2.45) is 0 Å². The highest BCUT2D eigenvalue weighted by Crippen LogP contribution is 2.30. The molecule has 2 aromatic rings. The van der Waals surface area contributed by atoms with E-state index < -0.39 is 30.2 Å². The fourth-order valence-electron chi connectivity index (χ4n) is 1.81. The summed E-state index contributed by atoms with van der Waals surface area (Å²) in [4.78, 5) is 22.3. The largest absolute Gasteiger partial charge is 0.545 e. The minimum atomic E-state index is -4.50. The number of nitrogens with one attached hydrogen (secondary N) is 1. The zero-order chi connectivity index (χ0) is 17.7. The average molecular weight is 338 g/mol. The van der Waals surface area contributed by atoms with Crippen molar-refractivity contribution in [1.29, 1.82) is 0 Å². The van der Waals surface area contributed by atoms with Gasteiger partial charge in [-0.25, -0.2) is 0 Å². The van der Waals surface area contributed by atoms with Crippen LogP contribution in [0.5, 0.6) is 5.75 Å². The number of benzene rings is 2. The van der Waals surface area contributed by atoms with Crippen molar-refractivity contribution in [1.82, 2.24) is 0 Å². The molecular weight excluding hydrogens is 327 g/mol. The molecule has 0 aliphatic rings. The lowest BCUT2D eigenvalue weighted by Gasteiger charge is -2.11. The van der Waals surface area contributed by atoms with Gasteiger partial charge < -0.3 is 20.0 Å². The van der Waals surface area contributed by atoms with E-state index in [9.17, 15) is 27.9 Å². The van der Waals surface area contributed by atoms with Crippen molar-refractivity contribution in [3.8, 4) is 5.75 Å². The van der Waals surface area contributed by atoms with E-state index in [1.165, 1.54) is 36.4 Å². The van der Waals surface area contributed by atoms with Crippen LogP contribution in [0.3, 0.4) is 0 Å². The number of ether oxygens (including phenoxy) is 1. The van der Waals surface area contributed by atoms with E-state index >= 15 is 0 Å². The first-order valence-electron chi connectivity index (χ1n) is 6.67. The van der Waals surface area contributed by atoms with Crippen LogP contribution < -0.4 is 15.2 Å². The molecule has 0 aliphatic heterocycles. The van der Waals surface area contributed by atoms with Gasteiger partial charge in [0.2, 0.25) is 0 Å². The number of rotatable bonds is 5. The van der Waals surface area contributed by atoms with Crippen molar-refractivity contribution in [3.05, 3.63) is 59.7 Å². The molecule has 0 heterocycles. The summed E-state index contributed by atoms with van der Waals surface area (Å²) >= 11 is 0. The van der Waals surface area contributed by atoms with Crippen molar-refractivity contribution in [2.75, 3.05) is 11.9 Å². The number of alkyl halides is 3. The van der Waals surface area contributed by atoms with E-state index in [4.69, 9.17) is 4.74 Å². The number of halogens is 3. The number of hydrogen-bond donors (Lipinski definition) is 1. The van der Waals surface area contributed by atoms with Crippen LogP contribution in [0, 0.1) is 0 Å². The SMILES string of the molecule is O=C(COc1ccc(C(=O)[O-])cc1)Nc1cccc(C(F)(F)F)c1. The van der Waals surface area contributed by atoms with E-state index in [1.807, 2.05) is 0 Å². The molecule has 0 saturated carbocycles. The highest BCUT2D eigenvalue weighted by atomic mass is 19.4. The Labute approximate surface area is 134 Å². The number of carboxylic acid groups (broad SMARTS) is 1. The molecule has 0 bridgehead atoms. The monoisotopic (exact) mass is 338 g/mol. The lowest BCUT2D eigenvalue weighted by Crippen LogP contribution is -2.22. The number of hydrogen-bond acceptors (Lipinski definition) is 4. The first kappa shape index (κ1) is 17.3. The van der Waals surface area contributed by atoms with Gasteiger partial charge in [0.05, 0.1) is 11.5 Å². The summed E-state index contributed by atoms with van der Waals surface area (Å²) in [6, 6.07) is 9.37. The molecular formula is C16H11F3NO4-. The second kappa shape index (κ2) is 7.03. The molecule has 0 unspecified atom stereocenters. The summed E-state index contributed by atoms with van der Waals surface area (Å²) in [5.41, 5.74) is -0.930. The maximum absolute atomic E-state index is 12.6. The van der Waals surface area contributed by atoms with Gasteiger partial charge in [-0.15, -0.1) is 0 Å². The second-order valence-electron chi connectivity index (χ2n) is 4.73. The van der Waals surface area contributed by atoms with Crippen LogP contribution in [0.15, 0.2) is 48.5 Å². The number of aromatic carboxylic acids is 1. The van der Waals surface area contributed by atoms with Gasteiger partial charge in [-0.05, 0) is 48.0 Å². The van der Waals surface area contributed by atoms with Crippen molar-refractivity contribution in [3.63, 3.8) is 0 Å². The topological polar surface area (TPSA) is 78.5 Å². The number of carbonyl (C=O) groups is 2. The zero-order valence-corrected chi connectivity index (χ0v) is 12.1. The Bertz CT molecular complexity index is 742. The number of anilines is 1. The van der Waals surface area contributed by atoms with E-state index in [-0.39, 0.29) is 17.0 Å². The van der Waals surface area contributed by atoms with Crippen LogP contribution in [0.2, 0.25) is 0 Å². The average Bonchev–Trinajstić information content (AvgIpc) is 2.53. The lowest BCUT2D eigenvalue weighted by molar-refractivity contribution is -0.255. The van der Waals surface area contributed by atoms with Crippen molar-refractivity contribution in [2.45, 2.75) is 6.18 Å². The summed E-state index contributed by atoms with van der Waals surface area (Å²) in [6.07, 6.45) is -4.50. The standard InChI is InChI=1S/C16H12F3NO4/c17-16(18,19)11-2-1-3-12(8-11)20-14(21)9-24-13-6-4-10(5-7-13)15(22)23/h1-8H,9H2,(H,20,21)(H,22,23)/p-1. The van der Waals surface area contributed by atoms with Gasteiger partial charge >= 0.3 is 6.18 Å².